The molecule has 3 rings (SSSR count). The number of carbonyl (C=O) groups excluding carboxylic acids is 1. The third-order valence-corrected chi connectivity index (χ3v) is 4.24. The molecule has 0 aliphatic rings. The summed E-state index contributed by atoms with van der Waals surface area (Å²) in [7, 11) is 0. The maximum Gasteiger partial charge on any atom is 0.261 e. The summed E-state index contributed by atoms with van der Waals surface area (Å²) in [4.78, 5) is 23.3. The summed E-state index contributed by atoms with van der Waals surface area (Å²) in [6.07, 6.45) is 8.60. The Labute approximate surface area is 146 Å². The van der Waals surface area contributed by atoms with Crippen molar-refractivity contribution in [1.82, 2.24) is 24.5 Å². The smallest absolute Gasteiger partial charge is 0.261 e. The number of aryl methyl sites for hydroxylation is 1. The van der Waals surface area contributed by atoms with Gasteiger partial charge in [-0.2, -0.15) is 5.10 Å². The Balaban J connectivity index is 1.83. The predicted octanol–water partition coefficient (Wildman–Crippen LogP) is 2.53. The number of nitrogens with zero attached hydrogens (tertiary/aromatic N) is 5. The van der Waals surface area contributed by atoms with Crippen molar-refractivity contribution in [2.75, 3.05) is 18.4 Å². The van der Waals surface area contributed by atoms with Crippen molar-refractivity contribution in [1.29, 1.82) is 0 Å². The number of rotatable bonds is 6. The van der Waals surface area contributed by atoms with Crippen molar-refractivity contribution >= 4 is 17.2 Å². The van der Waals surface area contributed by atoms with Gasteiger partial charge in [-0.3, -0.25) is 14.7 Å². The van der Waals surface area contributed by atoms with E-state index in [-0.39, 0.29) is 5.91 Å². The lowest BCUT2D eigenvalue weighted by molar-refractivity contribution is 0.102. The number of pyridine rings is 1. The predicted molar refractivity (Wildman–Crippen MR) is 96.5 cm³/mol. The van der Waals surface area contributed by atoms with E-state index in [0.29, 0.717) is 16.9 Å². The molecule has 3 aromatic rings. The fraction of sp³-hybridized carbons (Fsp3) is 0.333. The molecule has 3 aromatic heterocycles. The zero-order valence-electron chi connectivity index (χ0n) is 14.7. The third kappa shape index (κ3) is 3.66. The van der Waals surface area contributed by atoms with Crippen LogP contribution in [0.25, 0.3) is 5.65 Å². The molecule has 0 aliphatic carbocycles. The van der Waals surface area contributed by atoms with E-state index >= 15 is 0 Å². The number of amides is 1. The molecule has 0 unspecified atom stereocenters. The molecule has 7 nitrogen and oxygen atoms in total. The van der Waals surface area contributed by atoms with Crippen LogP contribution in [-0.2, 0) is 6.54 Å². The van der Waals surface area contributed by atoms with Crippen LogP contribution in [0.5, 0.6) is 0 Å². The first-order chi connectivity index (χ1) is 12.1. The van der Waals surface area contributed by atoms with E-state index in [2.05, 4.69) is 39.1 Å². The molecule has 0 aliphatic heterocycles. The molecule has 0 atom stereocenters. The second-order valence-electron chi connectivity index (χ2n) is 5.89. The molecule has 25 heavy (non-hydrogen) atoms. The van der Waals surface area contributed by atoms with Gasteiger partial charge in [-0.25, -0.2) is 9.50 Å². The lowest BCUT2D eigenvalue weighted by Gasteiger charge is -2.17. The van der Waals surface area contributed by atoms with E-state index in [1.165, 1.54) is 0 Å². The molecule has 0 radical (unpaired) electrons. The highest BCUT2D eigenvalue weighted by molar-refractivity contribution is 6.08. The number of hydrogen-bond acceptors (Lipinski definition) is 5. The van der Waals surface area contributed by atoms with E-state index < -0.39 is 0 Å². The monoisotopic (exact) mass is 338 g/mol. The minimum atomic E-state index is -0.241. The Morgan fingerprint density at radius 3 is 2.76 bits per heavy atom. The summed E-state index contributed by atoms with van der Waals surface area (Å²) < 4.78 is 1.66. The van der Waals surface area contributed by atoms with Crippen molar-refractivity contribution < 1.29 is 4.79 Å². The van der Waals surface area contributed by atoms with Crippen molar-refractivity contribution in [3.05, 3.63) is 53.7 Å². The average Bonchev–Trinajstić information content (AvgIpc) is 3.05. The van der Waals surface area contributed by atoms with Gasteiger partial charge in [0.2, 0.25) is 0 Å². The topological polar surface area (TPSA) is 75.4 Å². The van der Waals surface area contributed by atoms with Crippen LogP contribution in [0.1, 0.15) is 35.3 Å². The van der Waals surface area contributed by atoms with Gasteiger partial charge < -0.3 is 5.32 Å². The van der Waals surface area contributed by atoms with Gasteiger partial charge in [-0.05, 0) is 31.6 Å². The Bertz CT molecular complexity index is 884. The Morgan fingerprint density at radius 1 is 1.24 bits per heavy atom. The maximum absolute atomic E-state index is 12.6. The van der Waals surface area contributed by atoms with Crippen LogP contribution < -0.4 is 5.32 Å². The van der Waals surface area contributed by atoms with Gasteiger partial charge in [0.25, 0.3) is 5.91 Å². The lowest BCUT2D eigenvalue weighted by Crippen LogP contribution is -2.22. The molecule has 0 saturated carbocycles. The highest BCUT2D eigenvalue weighted by Gasteiger charge is 2.15. The van der Waals surface area contributed by atoms with Crippen LogP contribution in [0.15, 0.2) is 37.1 Å². The highest BCUT2D eigenvalue weighted by atomic mass is 16.1. The molecule has 0 spiro atoms. The number of aromatic nitrogens is 4. The van der Waals surface area contributed by atoms with Gasteiger partial charge in [0, 0.05) is 30.7 Å². The van der Waals surface area contributed by atoms with Gasteiger partial charge in [0.1, 0.15) is 5.56 Å². The minimum Gasteiger partial charge on any atom is -0.320 e. The van der Waals surface area contributed by atoms with Gasteiger partial charge in [0.05, 0.1) is 18.1 Å². The number of nitrogens with one attached hydrogen (secondary N) is 1. The molecular weight excluding hydrogens is 316 g/mol. The van der Waals surface area contributed by atoms with Crippen molar-refractivity contribution in [3.63, 3.8) is 0 Å². The van der Waals surface area contributed by atoms with Crippen LogP contribution in [0.3, 0.4) is 0 Å². The summed E-state index contributed by atoms with van der Waals surface area (Å²) in [5, 5.41) is 7.15. The fourth-order valence-electron chi connectivity index (χ4n) is 2.65. The molecule has 3 heterocycles. The number of carbonyl (C=O) groups is 1. The zero-order chi connectivity index (χ0) is 17.8. The Kier molecular flexibility index (Phi) is 5.04. The second-order valence-corrected chi connectivity index (χ2v) is 5.89. The summed E-state index contributed by atoms with van der Waals surface area (Å²) in [6, 6.07) is 1.85. The second kappa shape index (κ2) is 7.40. The van der Waals surface area contributed by atoms with Gasteiger partial charge in [-0.1, -0.05) is 13.8 Å². The van der Waals surface area contributed by atoms with Gasteiger partial charge >= 0.3 is 0 Å². The first-order valence-corrected chi connectivity index (χ1v) is 8.39. The van der Waals surface area contributed by atoms with E-state index in [4.69, 9.17) is 0 Å². The molecule has 7 heteroatoms. The van der Waals surface area contributed by atoms with E-state index in [9.17, 15) is 4.79 Å². The summed E-state index contributed by atoms with van der Waals surface area (Å²) in [5.41, 5.74) is 3.69. The molecule has 130 valence electrons. The number of anilines is 1. The number of fused-ring (bicyclic) bond motifs is 1. The van der Waals surface area contributed by atoms with Gasteiger partial charge in [-0.15, -0.1) is 0 Å². The normalized spacial score (nSPS) is 11.2. The summed E-state index contributed by atoms with van der Waals surface area (Å²) in [6.45, 7) is 8.95. The number of hydrogen-bond donors (Lipinski definition) is 1. The fourth-order valence-corrected chi connectivity index (χ4v) is 2.65. The van der Waals surface area contributed by atoms with Gasteiger partial charge in [0.15, 0.2) is 5.65 Å². The molecule has 0 bridgehead atoms. The zero-order valence-corrected chi connectivity index (χ0v) is 14.7. The quantitative estimate of drug-likeness (QED) is 0.747. The highest BCUT2D eigenvalue weighted by Crippen LogP contribution is 2.15. The van der Waals surface area contributed by atoms with E-state index in [0.717, 1.165) is 30.8 Å². The van der Waals surface area contributed by atoms with Crippen LogP contribution >= 0.6 is 0 Å². The third-order valence-electron chi connectivity index (χ3n) is 4.24. The Morgan fingerprint density at radius 2 is 2.04 bits per heavy atom. The van der Waals surface area contributed by atoms with Crippen molar-refractivity contribution in [2.24, 2.45) is 0 Å². The lowest BCUT2D eigenvalue weighted by atomic mass is 10.2. The molecule has 0 aromatic carbocycles. The largest absolute Gasteiger partial charge is 0.320 e. The van der Waals surface area contributed by atoms with Crippen LogP contribution in [0.4, 0.5) is 5.69 Å². The summed E-state index contributed by atoms with van der Waals surface area (Å²) >= 11 is 0. The minimum absolute atomic E-state index is 0.241. The van der Waals surface area contributed by atoms with E-state index in [1.807, 2.05) is 19.2 Å². The molecule has 0 fully saturated rings. The molecule has 1 N–H and O–H groups in total. The summed E-state index contributed by atoms with van der Waals surface area (Å²) in [5.74, 6) is -0.241. The maximum atomic E-state index is 12.6. The first-order valence-electron chi connectivity index (χ1n) is 8.39. The molecule has 1 amide bonds. The molecule has 0 saturated heterocycles. The SMILES string of the molecule is CCN(CC)Cc1cnc2c(C(=O)Nc3cnccc3C)cnn2c1. The first kappa shape index (κ1) is 17.0. The van der Waals surface area contributed by atoms with Crippen LogP contribution in [0, 0.1) is 6.92 Å². The average molecular weight is 338 g/mol. The molecular formula is C18H22N6O. The van der Waals surface area contributed by atoms with E-state index in [1.54, 1.807) is 29.3 Å². The Hall–Kier alpha value is -2.80. The standard InChI is InChI=1S/C18H22N6O/c1-4-23(5-2)11-14-8-20-17-15(9-21-24(17)12-14)18(25)22-16-10-19-7-6-13(16)3/h6-10,12H,4-5,11H2,1-3H3,(H,22,25). The van der Waals surface area contributed by atoms with Crippen molar-refractivity contribution in [3.8, 4) is 0 Å². The van der Waals surface area contributed by atoms with Crippen LogP contribution in [0.2, 0.25) is 0 Å². The van der Waals surface area contributed by atoms with Crippen LogP contribution in [-0.4, -0.2) is 43.5 Å². The van der Waals surface area contributed by atoms with Crippen molar-refractivity contribution in [2.45, 2.75) is 27.3 Å².